The summed E-state index contributed by atoms with van der Waals surface area (Å²) in [7, 11) is 0. The molecule has 36 heavy (non-hydrogen) atoms. The molecule has 1 fully saturated rings. The number of fused-ring (bicyclic) bond motifs is 1. The van der Waals surface area contributed by atoms with E-state index in [1.165, 1.54) is 17.3 Å². The van der Waals surface area contributed by atoms with Crippen molar-refractivity contribution in [3.05, 3.63) is 77.4 Å². The number of hydrogen-bond acceptors (Lipinski definition) is 4. The fourth-order valence-corrected chi connectivity index (χ4v) is 5.37. The van der Waals surface area contributed by atoms with E-state index in [1.54, 1.807) is 12.3 Å². The summed E-state index contributed by atoms with van der Waals surface area (Å²) in [5.41, 5.74) is 7.63. The van der Waals surface area contributed by atoms with Crippen LogP contribution in [0.5, 0.6) is 0 Å². The summed E-state index contributed by atoms with van der Waals surface area (Å²) in [6.45, 7) is 7.09. The second-order valence-corrected chi connectivity index (χ2v) is 10.4. The molecule has 7 nitrogen and oxygen atoms in total. The van der Waals surface area contributed by atoms with Crippen molar-refractivity contribution in [1.29, 1.82) is 0 Å². The van der Waals surface area contributed by atoms with Crippen molar-refractivity contribution in [2.45, 2.75) is 53.0 Å². The van der Waals surface area contributed by atoms with Gasteiger partial charge in [0.1, 0.15) is 5.82 Å². The van der Waals surface area contributed by atoms with Gasteiger partial charge in [-0.2, -0.15) is 0 Å². The molecule has 1 aliphatic rings. The first kappa shape index (κ1) is 24.3. The zero-order chi connectivity index (χ0) is 25.4. The highest BCUT2D eigenvalue weighted by molar-refractivity contribution is 7.81. The van der Waals surface area contributed by atoms with Gasteiger partial charge in [-0.05, 0) is 67.5 Å². The molecule has 1 N–H and O–H groups in total. The van der Waals surface area contributed by atoms with Crippen LogP contribution >= 0.6 is 0 Å². The number of imidazole rings is 1. The minimum absolute atomic E-state index is 0.189. The van der Waals surface area contributed by atoms with Gasteiger partial charge in [0.25, 0.3) is 11.3 Å². The normalized spacial score (nSPS) is 14.2. The molecule has 8 heteroatoms. The van der Waals surface area contributed by atoms with Crippen LogP contribution in [0.3, 0.4) is 0 Å². The molecule has 2 heterocycles. The highest BCUT2D eigenvalue weighted by atomic mass is 32.2. The second-order valence-electron chi connectivity index (χ2n) is 9.54. The third-order valence-electron chi connectivity index (χ3n) is 6.65. The van der Waals surface area contributed by atoms with Crippen LogP contribution in [0.4, 0.5) is 5.69 Å². The van der Waals surface area contributed by atoms with Crippen molar-refractivity contribution >= 4 is 33.9 Å². The quantitative estimate of drug-likeness (QED) is 0.317. The molecule has 1 saturated carbocycles. The van der Waals surface area contributed by atoms with Crippen molar-refractivity contribution < 1.29 is 13.6 Å². The Labute approximate surface area is 213 Å². The zero-order valence-corrected chi connectivity index (χ0v) is 21.6. The summed E-state index contributed by atoms with van der Waals surface area (Å²) in [4.78, 5) is 21.8. The Kier molecular flexibility index (Phi) is 6.73. The summed E-state index contributed by atoms with van der Waals surface area (Å²) < 4.78 is 25.3. The third kappa shape index (κ3) is 4.70. The van der Waals surface area contributed by atoms with Gasteiger partial charge in [-0.1, -0.05) is 37.3 Å². The molecule has 0 bridgehead atoms. The lowest BCUT2D eigenvalue weighted by Gasteiger charge is -2.20. The smallest absolute Gasteiger partial charge is 0.269 e. The van der Waals surface area contributed by atoms with Gasteiger partial charge in [0, 0.05) is 30.6 Å². The van der Waals surface area contributed by atoms with Crippen LogP contribution in [-0.2, 0) is 29.0 Å². The standard InChI is InChI=1S/C28H30N4O3S/c1-4-5-26-30-27-19(3)14-18(2)15-24(27)31(26)17-20-6-8-21(9-7-20)23-12-13-29-16-25(23)32(36(34)35)28(33)22-10-11-22/h6-9,12-16,22H,4-5,10-11,17H2,1-3H3,(H,34,35). The molecule has 0 spiro atoms. The molecule has 1 amide bonds. The minimum Gasteiger partial charge on any atom is -0.323 e. The van der Waals surface area contributed by atoms with Gasteiger partial charge < -0.3 is 4.57 Å². The minimum atomic E-state index is -2.46. The molecule has 5 rings (SSSR count). The summed E-state index contributed by atoms with van der Waals surface area (Å²) in [6.07, 6.45) is 6.54. The van der Waals surface area contributed by atoms with Crippen LogP contribution in [-0.4, -0.2) is 29.2 Å². The van der Waals surface area contributed by atoms with Gasteiger partial charge in [0.15, 0.2) is 0 Å². The van der Waals surface area contributed by atoms with E-state index in [0.29, 0.717) is 17.8 Å². The second kappa shape index (κ2) is 9.95. The number of aromatic nitrogens is 3. The van der Waals surface area contributed by atoms with E-state index in [9.17, 15) is 13.6 Å². The Morgan fingerprint density at radius 1 is 1.17 bits per heavy atom. The van der Waals surface area contributed by atoms with E-state index in [1.807, 2.05) is 12.1 Å². The van der Waals surface area contributed by atoms with Crippen LogP contribution in [0.25, 0.3) is 22.2 Å². The maximum atomic E-state index is 12.7. The van der Waals surface area contributed by atoms with Crippen molar-refractivity contribution in [2.24, 2.45) is 5.92 Å². The summed E-state index contributed by atoms with van der Waals surface area (Å²) in [5, 5.41) is 0. The van der Waals surface area contributed by atoms with Gasteiger partial charge in [0.2, 0.25) is 5.91 Å². The largest absolute Gasteiger partial charge is 0.323 e. The van der Waals surface area contributed by atoms with Gasteiger partial charge in [-0.15, -0.1) is 0 Å². The Balaban J connectivity index is 1.49. The van der Waals surface area contributed by atoms with Crippen LogP contribution < -0.4 is 4.31 Å². The number of rotatable bonds is 8. The van der Waals surface area contributed by atoms with Crippen molar-refractivity contribution in [3.8, 4) is 11.1 Å². The number of amides is 1. The SMILES string of the molecule is CCCc1nc2c(C)cc(C)cc2n1Cc1ccc(-c2ccncc2N(C(=O)C2CC2)S(=O)O)cc1. The number of hydrogen-bond donors (Lipinski definition) is 1. The average molecular weight is 503 g/mol. The predicted octanol–water partition coefficient (Wildman–Crippen LogP) is 5.60. The lowest BCUT2D eigenvalue weighted by molar-refractivity contribution is -0.118. The van der Waals surface area contributed by atoms with E-state index in [4.69, 9.17) is 4.98 Å². The summed E-state index contributed by atoms with van der Waals surface area (Å²) in [5.74, 6) is 0.565. The molecule has 0 aliphatic heterocycles. The number of aryl methyl sites for hydroxylation is 3. The van der Waals surface area contributed by atoms with Gasteiger partial charge in [-0.3, -0.25) is 14.3 Å². The first-order valence-electron chi connectivity index (χ1n) is 12.3. The molecule has 186 valence electrons. The van der Waals surface area contributed by atoms with Crippen molar-refractivity contribution in [1.82, 2.24) is 14.5 Å². The van der Waals surface area contributed by atoms with Crippen LogP contribution in [0, 0.1) is 19.8 Å². The number of benzene rings is 2. The zero-order valence-electron chi connectivity index (χ0n) is 20.8. The van der Waals surface area contributed by atoms with Crippen LogP contribution in [0.1, 0.15) is 48.7 Å². The molecular weight excluding hydrogens is 472 g/mol. The number of nitrogens with zero attached hydrogens (tertiary/aromatic N) is 4. The highest BCUT2D eigenvalue weighted by Crippen LogP contribution is 2.37. The van der Waals surface area contributed by atoms with Crippen LogP contribution in [0.2, 0.25) is 0 Å². The predicted molar refractivity (Wildman–Crippen MR) is 143 cm³/mol. The van der Waals surface area contributed by atoms with Crippen LogP contribution in [0.15, 0.2) is 54.9 Å². The Morgan fingerprint density at radius 2 is 1.92 bits per heavy atom. The van der Waals surface area contributed by atoms with E-state index in [0.717, 1.165) is 58.0 Å². The van der Waals surface area contributed by atoms with Gasteiger partial charge in [0.05, 0.1) is 22.9 Å². The Morgan fingerprint density at radius 3 is 2.58 bits per heavy atom. The summed E-state index contributed by atoms with van der Waals surface area (Å²) >= 11 is -2.46. The maximum absolute atomic E-state index is 12.7. The lowest BCUT2D eigenvalue weighted by Crippen LogP contribution is -2.34. The first-order valence-corrected chi connectivity index (χ1v) is 13.4. The number of pyridine rings is 1. The molecule has 1 aliphatic carbocycles. The molecule has 1 unspecified atom stereocenters. The molecule has 2 aromatic carbocycles. The fraction of sp³-hybridized carbons (Fsp3) is 0.321. The molecule has 0 radical (unpaired) electrons. The summed E-state index contributed by atoms with van der Waals surface area (Å²) in [6, 6.07) is 14.3. The van der Waals surface area contributed by atoms with Crippen molar-refractivity contribution in [3.63, 3.8) is 0 Å². The average Bonchev–Trinajstić information content (AvgIpc) is 3.65. The van der Waals surface area contributed by atoms with Crippen molar-refractivity contribution in [2.75, 3.05) is 4.31 Å². The van der Waals surface area contributed by atoms with E-state index in [2.05, 4.69) is 54.6 Å². The monoisotopic (exact) mass is 502 g/mol. The van der Waals surface area contributed by atoms with Gasteiger partial charge in [-0.25, -0.2) is 13.5 Å². The molecule has 1 atom stereocenters. The van der Waals surface area contributed by atoms with E-state index in [-0.39, 0.29) is 11.8 Å². The number of anilines is 1. The Hall–Kier alpha value is -3.36. The third-order valence-corrected chi connectivity index (χ3v) is 7.34. The molecular formula is C28H30N4O3S. The number of carbonyl (C=O) groups is 1. The first-order chi connectivity index (χ1) is 17.4. The highest BCUT2D eigenvalue weighted by Gasteiger charge is 2.37. The van der Waals surface area contributed by atoms with E-state index < -0.39 is 11.3 Å². The lowest BCUT2D eigenvalue weighted by atomic mass is 10.0. The number of carbonyl (C=O) groups excluding carboxylic acids is 1. The Bertz CT molecular complexity index is 1460. The maximum Gasteiger partial charge on any atom is 0.269 e. The van der Waals surface area contributed by atoms with Gasteiger partial charge >= 0.3 is 0 Å². The van der Waals surface area contributed by atoms with E-state index >= 15 is 0 Å². The molecule has 4 aromatic rings. The fourth-order valence-electron chi connectivity index (χ4n) is 4.75. The molecule has 2 aromatic heterocycles. The molecule has 0 saturated heterocycles. The topological polar surface area (TPSA) is 88.3 Å².